The quantitative estimate of drug-likeness (QED) is 0.447. The van der Waals surface area contributed by atoms with Gasteiger partial charge < -0.3 is 14.4 Å². The maximum Gasteiger partial charge on any atom is 0.265 e. The van der Waals surface area contributed by atoms with Gasteiger partial charge in [-0.05, 0) is 55.9 Å². The molecule has 5 rings (SSSR count). The maximum atomic E-state index is 13.0. The molecule has 0 unspecified atom stereocenters. The molecule has 2 aliphatic rings. The first kappa shape index (κ1) is 25.9. The van der Waals surface area contributed by atoms with Crippen molar-refractivity contribution >= 4 is 11.8 Å². The molecule has 0 radical (unpaired) electrons. The fourth-order valence-corrected chi connectivity index (χ4v) is 5.13. The van der Waals surface area contributed by atoms with Crippen molar-refractivity contribution in [2.45, 2.75) is 31.7 Å². The van der Waals surface area contributed by atoms with E-state index in [0.29, 0.717) is 42.0 Å². The molecule has 2 N–H and O–H groups in total. The van der Waals surface area contributed by atoms with Gasteiger partial charge in [-0.2, -0.15) is 5.10 Å². The average molecular weight is 519 g/mol. The van der Waals surface area contributed by atoms with Crippen LogP contribution < -0.4 is 10.2 Å². The van der Waals surface area contributed by atoms with Gasteiger partial charge >= 0.3 is 0 Å². The number of likely N-dealkylation sites (tertiary alicyclic amines) is 1. The van der Waals surface area contributed by atoms with Crippen LogP contribution in [0.5, 0.6) is 5.75 Å². The number of aromatic amines is 1. The molecule has 38 heavy (non-hydrogen) atoms. The normalized spacial score (nSPS) is 19.9. The number of methoxy groups -OCH3 is 1. The van der Waals surface area contributed by atoms with Gasteiger partial charge in [0, 0.05) is 37.9 Å². The van der Waals surface area contributed by atoms with Crippen LogP contribution in [0, 0.1) is 5.92 Å². The summed E-state index contributed by atoms with van der Waals surface area (Å²) in [6.45, 7) is 2.89. The fourth-order valence-electron chi connectivity index (χ4n) is 5.13. The van der Waals surface area contributed by atoms with Gasteiger partial charge in [0.15, 0.2) is 12.4 Å². The summed E-state index contributed by atoms with van der Waals surface area (Å²) in [6, 6.07) is 16.4. The lowest BCUT2D eigenvalue weighted by Gasteiger charge is -2.34. The van der Waals surface area contributed by atoms with E-state index in [1.165, 1.54) is 0 Å². The number of hydrogen-bond acceptors (Lipinski definition) is 7. The number of nitrogens with one attached hydrogen (secondary N) is 2. The van der Waals surface area contributed by atoms with E-state index in [9.17, 15) is 9.59 Å². The highest BCUT2D eigenvalue weighted by Gasteiger charge is 2.31. The Hall–Kier alpha value is -3.76. The number of aromatic nitrogens is 3. The van der Waals surface area contributed by atoms with Gasteiger partial charge in [0.25, 0.3) is 11.8 Å². The van der Waals surface area contributed by atoms with Gasteiger partial charge in [0.05, 0.1) is 12.6 Å². The Morgan fingerprint density at radius 3 is 2.79 bits per heavy atom. The molecular weight excluding hydrogens is 484 g/mol. The molecule has 3 aromatic rings. The van der Waals surface area contributed by atoms with Crippen LogP contribution >= 0.6 is 0 Å². The standard InChI is InChI=1S/C28H34N6O4/c1-37-18-20-13-15-33(17-20)32-28(36)22-9-7-8-21(16-22)26-29-27(31-30-26)24-12-5-6-14-34(24)25(35)19-38-23-10-3-2-4-11-23/h2-4,7-11,16,20,24H,5-6,12-15,17-19H2,1H3,(H,32,36)(H,29,30,31)/t20-,24-/m1/s1. The highest BCUT2D eigenvalue weighted by atomic mass is 16.5. The molecule has 10 heteroatoms. The first-order valence-corrected chi connectivity index (χ1v) is 13.2. The molecule has 0 spiro atoms. The molecule has 2 fully saturated rings. The molecule has 0 bridgehead atoms. The van der Waals surface area contributed by atoms with Crippen molar-refractivity contribution in [3.05, 3.63) is 66.0 Å². The number of carbonyl (C=O) groups excluding carboxylic acids is 2. The van der Waals surface area contributed by atoms with E-state index < -0.39 is 0 Å². The molecule has 2 aromatic carbocycles. The van der Waals surface area contributed by atoms with Crippen molar-refractivity contribution in [3.63, 3.8) is 0 Å². The lowest BCUT2D eigenvalue weighted by atomic mass is 10.0. The molecule has 2 saturated heterocycles. The summed E-state index contributed by atoms with van der Waals surface area (Å²) in [4.78, 5) is 32.5. The predicted octanol–water partition coefficient (Wildman–Crippen LogP) is 3.22. The minimum absolute atomic E-state index is 0.0259. The molecule has 1 aromatic heterocycles. The van der Waals surface area contributed by atoms with Gasteiger partial charge in [0.2, 0.25) is 0 Å². The number of rotatable bonds is 9. The number of para-hydroxylation sites is 1. The minimum atomic E-state index is -0.196. The molecule has 2 aliphatic heterocycles. The van der Waals surface area contributed by atoms with Gasteiger partial charge in [-0.1, -0.05) is 30.3 Å². The van der Waals surface area contributed by atoms with Crippen LogP contribution in [0.15, 0.2) is 54.6 Å². The summed E-state index contributed by atoms with van der Waals surface area (Å²) < 4.78 is 10.9. The largest absolute Gasteiger partial charge is 0.484 e. The minimum Gasteiger partial charge on any atom is -0.484 e. The average Bonchev–Trinajstić information content (AvgIpc) is 3.63. The van der Waals surface area contributed by atoms with Crippen LogP contribution in [-0.2, 0) is 9.53 Å². The van der Waals surface area contributed by atoms with E-state index >= 15 is 0 Å². The van der Waals surface area contributed by atoms with Crippen LogP contribution in [0.1, 0.15) is 47.9 Å². The zero-order valence-electron chi connectivity index (χ0n) is 21.6. The first-order valence-electron chi connectivity index (χ1n) is 13.2. The van der Waals surface area contributed by atoms with Gasteiger partial charge in [-0.25, -0.2) is 9.99 Å². The second-order valence-electron chi connectivity index (χ2n) is 9.82. The van der Waals surface area contributed by atoms with Crippen molar-refractivity contribution < 1.29 is 19.1 Å². The van der Waals surface area contributed by atoms with Gasteiger partial charge in [0.1, 0.15) is 11.6 Å². The van der Waals surface area contributed by atoms with E-state index in [1.54, 1.807) is 19.2 Å². The Kier molecular flexibility index (Phi) is 8.30. The predicted molar refractivity (Wildman–Crippen MR) is 141 cm³/mol. The topological polar surface area (TPSA) is 113 Å². The molecule has 2 atom stereocenters. The number of benzene rings is 2. The van der Waals surface area contributed by atoms with Crippen LogP contribution in [-0.4, -0.2) is 76.9 Å². The van der Waals surface area contributed by atoms with Crippen molar-refractivity contribution in [2.24, 2.45) is 5.92 Å². The van der Waals surface area contributed by atoms with Gasteiger partial charge in [-0.15, -0.1) is 0 Å². The Labute approximate surface area is 222 Å². The second kappa shape index (κ2) is 12.2. The van der Waals surface area contributed by atoms with Crippen molar-refractivity contribution in [1.29, 1.82) is 0 Å². The van der Waals surface area contributed by atoms with Crippen LogP contribution in [0.2, 0.25) is 0 Å². The van der Waals surface area contributed by atoms with Crippen LogP contribution in [0.25, 0.3) is 11.4 Å². The molecule has 0 aliphatic carbocycles. The summed E-state index contributed by atoms with van der Waals surface area (Å²) in [6.07, 6.45) is 3.73. The zero-order chi connectivity index (χ0) is 26.3. The summed E-state index contributed by atoms with van der Waals surface area (Å²) in [5.74, 6) is 1.99. The lowest BCUT2D eigenvalue weighted by Crippen LogP contribution is -2.41. The number of piperidine rings is 1. The van der Waals surface area contributed by atoms with E-state index in [2.05, 4.69) is 15.6 Å². The Morgan fingerprint density at radius 1 is 1.08 bits per heavy atom. The first-order chi connectivity index (χ1) is 18.6. The number of carbonyl (C=O) groups is 2. The van der Waals surface area contributed by atoms with E-state index in [-0.39, 0.29) is 24.5 Å². The Bertz CT molecular complexity index is 1230. The lowest BCUT2D eigenvalue weighted by molar-refractivity contribution is -0.137. The third-order valence-electron chi connectivity index (χ3n) is 7.08. The number of hydrogen-bond donors (Lipinski definition) is 2. The number of amides is 2. The second-order valence-corrected chi connectivity index (χ2v) is 9.82. The third-order valence-corrected chi connectivity index (χ3v) is 7.08. The number of H-pyrrole nitrogens is 1. The molecular formula is C28H34N6O4. The molecule has 0 saturated carbocycles. The van der Waals surface area contributed by atoms with Gasteiger partial charge in [-0.3, -0.25) is 20.1 Å². The van der Waals surface area contributed by atoms with E-state index in [4.69, 9.17) is 14.5 Å². The molecule has 10 nitrogen and oxygen atoms in total. The van der Waals surface area contributed by atoms with E-state index in [0.717, 1.165) is 44.3 Å². The summed E-state index contributed by atoms with van der Waals surface area (Å²) >= 11 is 0. The zero-order valence-corrected chi connectivity index (χ0v) is 21.6. The van der Waals surface area contributed by atoms with Crippen LogP contribution in [0.3, 0.4) is 0 Å². The van der Waals surface area contributed by atoms with Crippen molar-refractivity contribution in [2.75, 3.05) is 40.0 Å². The molecule has 3 heterocycles. The molecule has 2 amide bonds. The summed E-state index contributed by atoms with van der Waals surface area (Å²) in [7, 11) is 1.70. The Morgan fingerprint density at radius 2 is 1.95 bits per heavy atom. The SMILES string of the molecule is COC[C@@H]1CCN(NC(=O)c2cccc(-c3n[nH]c([C@H]4CCCCN4C(=O)COc4ccccc4)n3)c2)C1. The third kappa shape index (κ3) is 6.20. The smallest absolute Gasteiger partial charge is 0.265 e. The highest BCUT2D eigenvalue weighted by Crippen LogP contribution is 2.30. The summed E-state index contributed by atoms with van der Waals surface area (Å²) in [5.41, 5.74) is 4.27. The van der Waals surface area contributed by atoms with E-state index in [1.807, 2.05) is 52.4 Å². The van der Waals surface area contributed by atoms with Crippen molar-refractivity contribution in [3.8, 4) is 17.1 Å². The molecule has 200 valence electrons. The monoisotopic (exact) mass is 518 g/mol. The fraction of sp³-hybridized carbons (Fsp3) is 0.429. The number of ether oxygens (including phenoxy) is 2. The highest BCUT2D eigenvalue weighted by molar-refractivity contribution is 5.94. The van der Waals surface area contributed by atoms with Crippen molar-refractivity contribution in [1.82, 2.24) is 30.5 Å². The summed E-state index contributed by atoms with van der Waals surface area (Å²) in [5, 5.41) is 9.41. The maximum absolute atomic E-state index is 13.0. The Balaban J connectivity index is 1.24. The number of nitrogens with zero attached hydrogens (tertiary/aromatic N) is 4. The van der Waals surface area contributed by atoms with Crippen LogP contribution in [0.4, 0.5) is 0 Å². The number of hydrazine groups is 1.